The summed E-state index contributed by atoms with van der Waals surface area (Å²) >= 11 is 0. The van der Waals surface area contributed by atoms with Crippen LogP contribution in [-0.4, -0.2) is 13.2 Å². The van der Waals surface area contributed by atoms with E-state index in [1.807, 2.05) is 7.11 Å². The molecule has 4 rings (SSSR count). The normalized spacial score (nSPS) is 43.2. The van der Waals surface area contributed by atoms with Crippen LogP contribution < -0.4 is 0 Å². The van der Waals surface area contributed by atoms with Crippen LogP contribution in [0, 0.1) is 41.4 Å². The summed E-state index contributed by atoms with van der Waals surface area (Å²) in [5.41, 5.74) is 0. The lowest BCUT2D eigenvalue weighted by Gasteiger charge is -2.43. The van der Waals surface area contributed by atoms with E-state index in [1.54, 1.807) is 51.4 Å². The van der Waals surface area contributed by atoms with Crippen molar-refractivity contribution in [3.05, 3.63) is 12.7 Å². The van der Waals surface area contributed by atoms with Crippen molar-refractivity contribution in [1.82, 2.24) is 0 Å². The van der Waals surface area contributed by atoms with Gasteiger partial charge in [0.1, 0.15) is 0 Å². The minimum absolute atomic E-state index is 0.565. The van der Waals surface area contributed by atoms with Crippen molar-refractivity contribution in [3.63, 3.8) is 0 Å². The van der Waals surface area contributed by atoms with Crippen LogP contribution in [0.5, 0.6) is 0 Å². The van der Waals surface area contributed by atoms with Gasteiger partial charge >= 0.3 is 0 Å². The molecule has 0 unspecified atom stereocenters. The highest BCUT2D eigenvalue weighted by Gasteiger charge is 2.36. The summed E-state index contributed by atoms with van der Waals surface area (Å²) in [6.07, 6.45) is 29.4. The fraction of sp³-hybridized carbons (Fsp3) is 0.931. The van der Waals surface area contributed by atoms with Crippen molar-refractivity contribution in [2.45, 2.75) is 122 Å². The zero-order valence-electron chi connectivity index (χ0n) is 20.0. The third-order valence-electron chi connectivity index (χ3n) is 10.4. The monoisotopic (exact) mass is 414 g/mol. The topological polar surface area (TPSA) is 9.23 Å². The molecule has 0 N–H and O–H groups in total. The van der Waals surface area contributed by atoms with Gasteiger partial charge in [-0.2, -0.15) is 0 Å². The van der Waals surface area contributed by atoms with Crippen molar-refractivity contribution in [2.75, 3.05) is 7.11 Å². The van der Waals surface area contributed by atoms with Crippen LogP contribution in [-0.2, 0) is 4.74 Å². The smallest absolute Gasteiger partial charge is 0.0571 e. The van der Waals surface area contributed by atoms with E-state index in [1.165, 1.54) is 64.2 Å². The first-order chi connectivity index (χ1) is 14.8. The fourth-order valence-electron chi connectivity index (χ4n) is 8.27. The zero-order chi connectivity index (χ0) is 20.8. The molecule has 0 heterocycles. The van der Waals surface area contributed by atoms with E-state index in [0.29, 0.717) is 6.10 Å². The molecule has 0 aromatic carbocycles. The van der Waals surface area contributed by atoms with E-state index in [4.69, 9.17) is 4.74 Å². The molecular formula is C29H50O. The van der Waals surface area contributed by atoms with Crippen LogP contribution in [0.2, 0.25) is 0 Å². The molecule has 4 aliphatic carbocycles. The van der Waals surface area contributed by atoms with E-state index in [9.17, 15) is 0 Å². The van der Waals surface area contributed by atoms with Crippen LogP contribution >= 0.6 is 0 Å². The quantitative estimate of drug-likeness (QED) is 0.379. The first-order valence-corrected chi connectivity index (χ1v) is 13.9. The van der Waals surface area contributed by atoms with Gasteiger partial charge in [0.05, 0.1) is 6.10 Å². The van der Waals surface area contributed by atoms with Gasteiger partial charge in [0.2, 0.25) is 0 Å². The third kappa shape index (κ3) is 5.93. The molecule has 4 aliphatic rings. The van der Waals surface area contributed by atoms with Crippen molar-refractivity contribution in [1.29, 1.82) is 0 Å². The third-order valence-corrected chi connectivity index (χ3v) is 10.4. The second kappa shape index (κ2) is 11.5. The molecule has 172 valence electrons. The predicted molar refractivity (Wildman–Crippen MR) is 129 cm³/mol. The molecule has 0 atom stereocenters. The van der Waals surface area contributed by atoms with E-state index >= 15 is 0 Å². The predicted octanol–water partition coefficient (Wildman–Crippen LogP) is 8.58. The molecule has 1 nitrogen and oxygen atoms in total. The Bertz CT molecular complexity index is 480. The minimum Gasteiger partial charge on any atom is -0.381 e. The van der Waals surface area contributed by atoms with Crippen LogP contribution in [0.25, 0.3) is 0 Å². The van der Waals surface area contributed by atoms with Crippen LogP contribution in [0.1, 0.15) is 116 Å². The number of hydrogen-bond donors (Lipinski definition) is 0. The molecule has 0 aromatic rings. The fourth-order valence-corrected chi connectivity index (χ4v) is 8.27. The van der Waals surface area contributed by atoms with Gasteiger partial charge in [0, 0.05) is 7.11 Å². The largest absolute Gasteiger partial charge is 0.381 e. The molecule has 4 saturated carbocycles. The Hall–Kier alpha value is -0.300. The lowest BCUT2D eigenvalue weighted by Crippen LogP contribution is -2.32. The Labute approximate surface area is 187 Å². The average Bonchev–Trinajstić information content (AvgIpc) is 2.83. The Balaban J connectivity index is 1.13. The van der Waals surface area contributed by atoms with Crippen molar-refractivity contribution < 1.29 is 4.74 Å². The molecule has 0 amide bonds. The molecule has 0 spiro atoms. The van der Waals surface area contributed by atoms with Gasteiger partial charge in [0.15, 0.2) is 0 Å². The van der Waals surface area contributed by atoms with Gasteiger partial charge in [-0.05, 0) is 144 Å². The molecular weight excluding hydrogens is 364 g/mol. The van der Waals surface area contributed by atoms with E-state index in [-0.39, 0.29) is 0 Å². The highest BCUT2D eigenvalue weighted by atomic mass is 16.5. The summed E-state index contributed by atoms with van der Waals surface area (Å²) < 4.78 is 5.59. The first kappa shape index (κ1) is 22.9. The maximum Gasteiger partial charge on any atom is 0.0571 e. The second-order valence-electron chi connectivity index (χ2n) is 11.8. The number of rotatable bonds is 7. The van der Waals surface area contributed by atoms with Crippen LogP contribution in [0.4, 0.5) is 0 Å². The summed E-state index contributed by atoms with van der Waals surface area (Å²) in [5.74, 6) is 7.39. The van der Waals surface area contributed by atoms with E-state index in [0.717, 1.165) is 41.4 Å². The summed E-state index contributed by atoms with van der Waals surface area (Å²) in [6.45, 7) is 3.91. The van der Waals surface area contributed by atoms with Crippen LogP contribution in [0.3, 0.4) is 0 Å². The Kier molecular flexibility index (Phi) is 8.79. The maximum absolute atomic E-state index is 5.59. The number of ether oxygens (including phenoxy) is 1. The summed E-state index contributed by atoms with van der Waals surface area (Å²) in [7, 11) is 1.90. The van der Waals surface area contributed by atoms with Gasteiger partial charge in [-0.1, -0.05) is 18.9 Å². The lowest BCUT2D eigenvalue weighted by molar-refractivity contribution is 0.0345. The van der Waals surface area contributed by atoms with Crippen molar-refractivity contribution >= 4 is 0 Å². The van der Waals surface area contributed by atoms with Gasteiger partial charge in [-0.25, -0.2) is 0 Å². The van der Waals surface area contributed by atoms with Crippen molar-refractivity contribution in [2.24, 2.45) is 41.4 Å². The van der Waals surface area contributed by atoms with Crippen LogP contribution in [0.15, 0.2) is 12.7 Å². The Morgan fingerprint density at radius 1 is 0.567 bits per heavy atom. The molecule has 0 aliphatic heterocycles. The molecule has 1 heteroatoms. The molecule has 0 saturated heterocycles. The maximum atomic E-state index is 5.59. The Morgan fingerprint density at radius 3 is 1.23 bits per heavy atom. The van der Waals surface area contributed by atoms with Gasteiger partial charge in [0.25, 0.3) is 0 Å². The number of methoxy groups -OCH3 is 1. The van der Waals surface area contributed by atoms with E-state index < -0.39 is 0 Å². The molecule has 0 aromatic heterocycles. The highest BCUT2D eigenvalue weighted by molar-refractivity contribution is 4.88. The summed E-state index contributed by atoms with van der Waals surface area (Å²) in [4.78, 5) is 0. The highest BCUT2D eigenvalue weighted by Crippen LogP contribution is 2.48. The minimum atomic E-state index is 0.565. The zero-order valence-corrected chi connectivity index (χ0v) is 20.0. The van der Waals surface area contributed by atoms with Gasteiger partial charge in [-0.3, -0.25) is 0 Å². The second-order valence-corrected chi connectivity index (χ2v) is 11.8. The van der Waals surface area contributed by atoms with Crippen molar-refractivity contribution in [3.8, 4) is 0 Å². The van der Waals surface area contributed by atoms with E-state index in [2.05, 4.69) is 12.7 Å². The molecule has 30 heavy (non-hydrogen) atoms. The lowest BCUT2D eigenvalue weighted by atomic mass is 9.63. The molecule has 0 bridgehead atoms. The number of hydrogen-bond acceptors (Lipinski definition) is 1. The standard InChI is InChI=1S/C29H50O/c1-3-4-5-22-6-8-23(9-7-22)24-10-12-25(13-11-24)26-14-16-27(17-15-26)28-18-20-29(30-2)21-19-28/h3,22-29H,1,4-21H2,2H3. The average molecular weight is 415 g/mol. The summed E-state index contributed by atoms with van der Waals surface area (Å²) in [5, 5.41) is 0. The molecule has 0 radical (unpaired) electrons. The van der Waals surface area contributed by atoms with Gasteiger partial charge in [-0.15, -0.1) is 6.58 Å². The SMILES string of the molecule is C=CCCC1CCC(C2CCC(C3CCC(C4CCC(OC)CC4)CC3)CC2)CC1. The molecule has 4 fully saturated rings. The Morgan fingerprint density at radius 2 is 0.900 bits per heavy atom. The van der Waals surface area contributed by atoms with Gasteiger partial charge < -0.3 is 4.74 Å². The first-order valence-electron chi connectivity index (χ1n) is 13.9. The summed E-state index contributed by atoms with van der Waals surface area (Å²) in [6, 6.07) is 0. The number of allylic oxidation sites excluding steroid dienone is 1.